The number of benzene rings is 1. The van der Waals surface area contributed by atoms with E-state index in [0.717, 1.165) is 44.0 Å². The van der Waals surface area contributed by atoms with E-state index in [4.69, 9.17) is 9.47 Å². The van der Waals surface area contributed by atoms with Crippen molar-refractivity contribution in [3.05, 3.63) is 40.5 Å². The number of nitrogens with one attached hydrogen (secondary N) is 1. The molecule has 1 N–H and O–H groups in total. The Balaban J connectivity index is 0. The second kappa shape index (κ2) is 26.2. The molecule has 1 aromatic carbocycles. The van der Waals surface area contributed by atoms with Gasteiger partial charge in [-0.1, -0.05) is 37.1 Å². The Labute approximate surface area is 347 Å². The summed E-state index contributed by atoms with van der Waals surface area (Å²) in [6.07, 6.45) is 6.42. The van der Waals surface area contributed by atoms with Crippen molar-refractivity contribution < 1.29 is 156 Å². The molecule has 13 heteroatoms. The Bertz CT molecular complexity index is 998. The summed E-state index contributed by atoms with van der Waals surface area (Å²) in [5.41, 5.74) is 1.12. The van der Waals surface area contributed by atoms with E-state index in [9.17, 15) is 28.8 Å². The number of carbonyl (C=O) groups excluding carboxylic acids is 6. The molecule has 1 atom stereocenters. The van der Waals surface area contributed by atoms with E-state index in [1.54, 1.807) is 24.3 Å². The Hall–Kier alpha value is 0.0104. The van der Waals surface area contributed by atoms with Crippen molar-refractivity contribution in [2.75, 3.05) is 32.9 Å². The van der Waals surface area contributed by atoms with Crippen LogP contribution < -0.4 is 122 Å². The van der Waals surface area contributed by atoms with Gasteiger partial charge in [-0.15, -0.1) is 12.2 Å². The zero-order valence-electron chi connectivity index (χ0n) is 24.9. The standard InChI is InChI=1S/C29H41N3O8.2Rb.H2/c33-16-6-2-1-5-14-31-29(38)40-18-7-17-39-19-15-30-27(36)21-28(37)32-23-12-10-22(11-13-23)20-26(35)24-8-3-4-9-25(24)34;;;/h10-13,16,24H,1-9,14-15,17-21H2,(H3,30,31,32,36,37,38);;;1H/q;2*+1;/p-2. The van der Waals surface area contributed by atoms with Crippen LogP contribution in [0.2, 0.25) is 0 Å². The predicted octanol–water partition coefficient (Wildman–Crippen LogP) is -1.47. The maximum Gasteiger partial charge on any atom is 1.00 e. The van der Waals surface area contributed by atoms with E-state index in [0.29, 0.717) is 44.5 Å². The molecule has 1 unspecified atom stereocenters. The van der Waals surface area contributed by atoms with Gasteiger partial charge in [-0.05, 0) is 31.2 Å². The molecule has 1 aliphatic carbocycles. The van der Waals surface area contributed by atoms with Gasteiger partial charge < -0.3 is 39.8 Å². The van der Waals surface area contributed by atoms with Crippen molar-refractivity contribution >= 4 is 41.4 Å². The molecule has 0 saturated heterocycles. The number of ether oxygens (including phenoxy) is 2. The van der Waals surface area contributed by atoms with Crippen LogP contribution in [0.3, 0.4) is 0 Å². The van der Waals surface area contributed by atoms with E-state index in [-0.39, 0.29) is 156 Å². The van der Waals surface area contributed by atoms with Gasteiger partial charge in [-0.25, -0.2) is 4.79 Å². The molecule has 0 radical (unpaired) electrons. The second-order valence-electron chi connectivity index (χ2n) is 9.58. The first-order chi connectivity index (χ1) is 19.4. The maximum absolute atomic E-state index is 12.4. The first kappa shape index (κ1) is 42.0. The first-order valence-corrected chi connectivity index (χ1v) is 13.9. The summed E-state index contributed by atoms with van der Waals surface area (Å²) >= 11 is 0. The van der Waals surface area contributed by atoms with E-state index in [2.05, 4.69) is 16.0 Å². The minimum absolute atomic E-state index is 0. The average molecular weight is 731 g/mol. The molecule has 11 nitrogen and oxygen atoms in total. The number of aldehydes is 1. The molecule has 0 spiro atoms. The Kier molecular flexibility index (Phi) is 26.3. The Morgan fingerprint density at radius 3 is 2.43 bits per heavy atom. The number of hydrogen-bond acceptors (Lipinski definition) is 8. The summed E-state index contributed by atoms with van der Waals surface area (Å²) < 4.78 is 10.4. The largest absolute Gasteiger partial charge is 1.00 e. The number of alkyl carbamates (subject to hydrolysis) is 1. The number of ketones is 2. The third-order valence-corrected chi connectivity index (χ3v) is 6.27. The summed E-state index contributed by atoms with van der Waals surface area (Å²) in [5.74, 6) is -1.77. The fraction of sp³-hybridized carbons (Fsp3) is 0.586. The van der Waals surface area contributed by atoms with Crippen LogP contribution in [0.1, 0.15) is 71.2 Å². The smallest absolute Gasteiger partial charge is 0.651 e. The first-order valence-electron chi connectivity index (χ1n) is 13.9. The molecule has 1 saturated carbocycles. The molecule has 2 rings (SSSR count). The van der Waals surface area contributed by atoms with E-state index in [1.807, 2.05) is 0 Å². The number of Topliss-reactive ketones (excluding diaryl/α,β-unsaturated/α-hetero) is 2. The van der Waals surface area contributed by atoms with Gasteiger partial charge in [-0.3, -0.25) is 9.59 Å². The van der Waals surface area contributed by atoms with Crippen molar-refractivity contribution in [1.82, 2.24) is 5.32 Å². The Morgan fingerprint density at radius 1 is 0.952 bits per heavy atom. The number of rotatable bonds is 19. The quantitative estimate of drug-likeness (QED) is 0.103. The minimum atomic E-state index is -0.623. The molecular weight excluding hydrogens is 689 g/mol. The van der Waals surface area contributed by atoms with Gasteiger partial charge >= 0.3 is 122 Å². The van der Waals surface area contributed by atoms with Gasteiger partial charge in [0.25, 0.3) is 0 Å². The molecule has 3 amide bonds. The summed E-state index contributed by atoms with van der Waals surface area (Å²) in [7, 11) is 0. The number of carbonyl (C=O) groups is 6. The summed E-state index contributed by atoms with van der Waals surface area (Å²) in [5, 5.41) is 10.3. The summed E-state index contributed by atoms with van der Waals surface area (Å²) in [6, 6.07) is 6.59. The molecule has 1 fully saturated rings. The predicted molar refractivity (Wildman–Crippen MR) is 149 cm³/mol. The van der Waals surface area contributed by atoms with Crippen molar-refractivity contribution in [2.24, 2.45) is 5.92 Å². The number of hydrogen-bond donors (Lipinski definition) is 1. The molecule has 42 heavy (non-hydrogen) atoms. The minimum Gasteiger partial charge on any atom is -0.651 e. The SMILES string of the molecule is O=CCCCCCNC(=O)OCCCOCC[N-]C(=O)CC(=O)[N-]c1ccc(CC(=O)C2CCCCC2=O)cc1.[HH].[Rb+].[Rb+]. The van der Waals surface area contributed by atoms with Gasteiger partial charge in [-0.2, -0.15) is 0 Å². The van der Waals surface area contributed by atoms with E-state index < -0.39 is 30.2 Å². The van der Waals surface area contributed by atoms with Gasteiger partial charge in [0.1, 0.15) is 17.9 Å². The second-order valence-corrected chi connectivity index (χ2v) is 9.58. The number of unbranched alkanes of at least 4 members (excludes halogenated alkanes) is 3. The molecule has 222 valence electrons. The molecule has 0 heterocycles. The number of amides is 3. The van der Waals surface area contributed by atoms with Crippen LogP contribution in [-0.2, 0) is 39.9 Å². The van der Waals surface area contributed by atoms with Gasteiger partial charge in [0.05, 0.1) is 24.3 Å². The van der Waals surface area contributed by atoms with Crippen LogP contribution in [0.15, 0.2) is 24.3 Å². The van der Waals surface area contributed by atoms with Crippen molar-refractivity contribution in [2.45, 2.75) is 70.6 Å². The molecule has 0 aromatic heterocycles. The zero-order valence-corrected chi connectivity index (χ0v) is 34.8. The third kappa shape index (κ3) is 19.4. The van der Waals surface area contributed by atoms with Crippen molar-refractivity contribution in [3.8, 4) is 0 Å². The van der Waals surface area contributed by atoms with Crippen molar-refractivity contribution in [3.63, 3.8) is 0 Å². The molecular formula is C29H41N3O8Rb2. The van der Waals surface area contributed by atoms with Crippen LogP contribution in [0.5, 0.6) is 0 Å². The van der Waals surface area contributed by atoms with Crippen LogP contribution in [0, 0.1) is 5.92 Å². The van der Waals surface area contributed by atoms with Crippen LogP contribution in [0.4, 0.5) is 10.5 Å². The van der Waals surface area contributed by atoms with Gasteiger partial charge in [0, 0.05) is 53.3 Å². The van der Waals surface area contributed by atoms with E-state index >= 15 is 0 Å². The summed E-state index contributed by atoms with van der Waals surface area (Å²) in [4.78, 5) is 70.1. The fourth-order valence-electron chi connectivity index (χ4n) is 4.14. The third-order valence-electron chi connectivity index (χ3n) is 6.27. The maximum atomic E-state index is 12.4. The molecule has 0 aliphatic heterocycles. The zero-order chi connectivity index (χ0) is 29.0. The molecule has 0 bridgehead atoms. The fourth-order valence-corrected chi connectivity index (χ4v) is 4.14. The van der Waals surface area contributed by atoms with Gasteiger partial charge in [0.15, 0.2) is 0 Å². The molecule has 1 aromatic rings. The van der Waals surface area contributed by atoms with Crippen molar-refractivity contribution in [1.29, 1.82) is 0 Å². The van der Waals surface area contributed by atoms with Gasteiger partial charge in [0.2, 0.25) is 0 Å². The summed E-state index contributed by atoms with van der Waals surface area (Å²) in [6.45, 7) is 1.31. The van der Waals surface area contributed by atoms with E-state index in [1.165, 1.54) is 0 Å². The average Bonchev–Trinajstić information content (AvgIpc) is 2.93. The van der Waals surface area contributed by atoms with Crippen LogP contribution in [-0.4, -0.2) is 68.7 Å². The molecule has 1 aliphatic rings. The number of nitrogens with zero attached hydrogens (tertiary/aromatic N) is 2. The van der Waals surface area contributed by atoms with Crippen LogP contribution in [0.25, 0.3) is 10.6 Å². The Morgan fingerprint density at radius 2 is 1.71 bits per heavy atom. The normalized spacial score (nSPS) is 14.0. The monoisotopic (exact) mass is 729 g/mol. The van der Waals surface area contributed by atoms with Crippen LogP contribution >= 0.6 is 0 Å². The topological polar surface area (TPSA) is 161 Å².